The van der Waals surface area contributed by atoms with Gasteiger partial charge in [-0.25, -0.2) is 13.4 Å². The topological polar surface area (TPSA) is 112 Å². The number of terminal acetylenes is 1. The summed E-state index contributed by atoms with van der Waals surface area (Å²) in [6.45, 7) is 0.776. The number of para-hydroxylation sites is 1. The highest BCUT2D eigenvalue weighted by Crippen LogP contribution is 2.31. The molecule has 9 nitrogen and oxygen atoms in total. The van der Waals surface area contributed by atoms with Gasteiger partial charge in [0.05, 0.1) is 36.1 Å². The zero-order valence-corrected chi connectivity index (χ0v) is 18.8. The van der Waals surface area contributed by atoms with Crippen LogP contribution in [0.3, 0.4) is 0 Å². The minimum atomic E-state index is -3.60. The van der Waals surface area contributed by atoms with Crippen molar-refractivity contribution in [3.8, 4) is 12.3 Å². The summed E-state index contributed by atoms with van der Waals surface area (Å²) in [6.07, 6.45) is 7.33. The van der Waals surface area contributed by atoms with E-state index in [9.17, 15) is 18.0 Å². The van der Waals surface area contributed by atoms with Crippen molar-refractivity contribution in [2.75, 3.05) is 43.9 Å². The van der Waals surface area contributed by atoms with Crippen molar-refractivity contribution < 1.29 is 18.0 Å². The standard InChI is InChI=1S/C20H25N5O4S2/c1-3-10-21-18(26)13-22-19(27)14-25(31(2,28)29)15-8-11-24(12-9-15)20-23-16-6-4-5-7-17(16)30-20/h1,4-7,15H,8-14H2,2H3,(H,21,26)(H,22,27). The van der Waals surface area contributed by atoms with Gasteiger partial charge in [0.1, 0.15) is 0 Å². The van der Waals surface area contributed by atoms with Gasteiger partial charge in [0.2, 0.25) is 21.8 Å². The molecule has 0 unspecified atom stereocenters. The molecule has 1 aliphatic rings. The molecule has 2 amide bonds. The van der Waals surface area contributed by atoms with Crippen LogP contribution in [-0.4, -0.2) is 74.5 Å². The van der Waals surface area contributed by atoms with Crippen LogP contribution in [0.1, 0.15) is 12.8 Å². The number of sulfonamides is 1. The van der Waals surface area contributed by atoms with E-state index in [4.69, 9.17) is 6.42 Å². The maximum Gasteiger partial charge on any atom is 0.240 e. The van der Waals surface area contributed by atoms with E-state index in [-0.39, 0.29) is 25.7 Å². The Morgan fingerprint density at radius 3 is 2.61 bits per heavy atom. The summed E-state index contributed by atoms with van der Waals surface area (Å²) in [5, 5.41) is 5.79. The minimum Gasteiger partial charge on any atom is -0.348 e. The molecule has 2 N–H and O–H groups in total. The van der Waals surface area contributed by atoms with Crippen LogP contribution in [-0.2, 0) is 19.6 Å². The minimum absolute atomic E-state index is 0.0669. The molecule has 0 atom stereocenters. The number of carbonyl (C=O) groups is 2. The number of amides is 2. The number of fused-ring (bicyclic) bond motifs is 1. The van der Waals surface area contributed by atoms with Crippen LogP contribution in [0.5, 0.6) is 0 Å². The lowest BCUT2D eigenvalue weighted by Crippen LogP contribution is -2.51. The zero-order valence-electron chi connectivity index (χ0n) is 17.2. The Balaban J connectivity index is 1.58. The molecule has 1 fully saturated rings. The Labute approximate surface area is 185 Å². The Hall–Kier alpha value is -2.68. The van der Waals surface area contributed by atoms with Gasteiger partial charge in [-0.2, -0.15) is 4.31 Å². The van der Waals surface area contributed by atoms with Gasteiger partial charge < -0.3 is 15.5 Å². The third kappa shape index (κ3) is 6.16. The molecule has 31 heavy (non-hydrogen) atoms. The van der Waals surface area contributed by atoms with Crippen molar-refractivity contribution in [2.24, 2.45) is 0 Å². The van der Waals surface area contributed by atoms with Crippen molar-refractivity contribution in [3.05, 3.63) is 24.3 Å². The summed E-state index contributed by atoms with van der Waals surface area (Å²) >= 11 is 1.61. The molecule has 1 aromatic carbocycles. The second kappa shape index (κ2) is 10.1. The predicted octanol–water partition coefficient (Wildman–Crippen LogP) is 0.392. The SMILES string of the molecule is C#CCNC(=O)CNC(=O)CN(C1CCN(c2nc3ccccc3s2)CC1)S(C)(=O)=O. The molecule has 1 aliphatic heterocycles. The first-order chi connectivity index (χ1) is 14.8. The highest BCUT2D eigenvalue weighted by Gasteiger charge is 2.32. The molecule has 1 saturated heterocycles. The third-order valence-electron chi connectivity index (χ3n) is 4.98. The van der Waals surface area contributed by atoms with Gasteiger partial charge in [-0.1, -0.05) is 29.4 Å². The van der Waals surface area contributed by atoms with Crippen molar-refractivity contribution in [1.82, 2.24) is 19.9 Å². The van der Waals surface area contributed by atoms with Crippen LogP contribution in [0, 0.1) is 12.3 Å². The van der Waals surface area contributed by atoms with E-state index in [1.165, 1.54) is 4.31 Å². The summed E-state index contributed by atoms with van der Waals surface area (Å²) in [6, 6.07) is 7.64. The lowest BCUT2D eigenvalue weighted by molar-refractivity contribution is -0.126. The van der Waals surface area contributed by atoms with Crippen LogP contribution in [0.25, 0.3) is 10.2 Å². The number of rotatable bonds is 8. The number of anilines is 1. The second-order valence-electron chi connectivity index (χ2n) is 7.25. The Bertz CT molecular complexity index is 1050. The van der Waals surface area contributed by atoms with Gasteiger partial charge in [0, 0.05) is 19.1 Å². The number of nitrogens with one attached hydrogen (secondary N) is 2. The fourth-order valence-electron chi connectivity index (χ4n) is 3.45. The maximum atomic E-state index is 12.3. The molecule has 0 spiro atoms. The van der Waals surface area contributed by atoms with Crippen molar-refractivity contribution in [1.29, 1.82) is 0 Å². The second-order valence-corrected chi connectivity index (χ2v) is 10.2. The number of benzene rings is 1. The molecule has 11 heteroatoms. The first kappa shape index (κ1) is 23.0. The van der Waals surface area contributed by atoms with Gasteiger partial charge in [-0.05, 0) is 25.0 Å². The van der Waals surface area contributed by atoms with E-state index in [1.807, 2.05) is 24.3 Å². The summed E-state index contributed by atoms with van der Waals surface area (Å²) in [7, 11) is -3.60. The fraction of sp³-hybridized carbons (Fsp3) is 0.450. The average molecular weight is 464 g/mol. The molecule has 166 valence electrons. The average Bonchev–Trinajstić information content (AvgIpc) is 3.18. The monoisotopic (exact) mass is 463 g/mol. The molecule has 1 aromatic heterocycles. The summed E-state index contributed by atoms with van der Waals surface area (Å²) < 4.78 is 27.0. The number of piperidine rings is 1. The molecular weight excluding hydrogens is 438 g/mol. The highest BCUT2D eigenvalue weighted by atomic mass is 32.2. The predicted molar refractivity (Wildman–Crippen MR) is 121 cm³/mol. The molecule has 2 aromatic rings. The Kier molecular flexibility index (Phi) is 7.48. The summed E-state index contributed by atoms with van der Waals surface area (Å²) in [5.41, 5.74) is 0.949. The fourth-order valence-corrected chi connectivity index (χ4v) is 5.57. The van der Waals surface area contributed by atoms with Gasteiger partial charge in [0.15, 0.2) is 5.13 Å². The van der Waals surface area contributed by atoms with E-state index in [2.05, 4.69) is 26.4 Å². The zero-order chi connectivity index (χ0) is 22.4. The Morgan fingerprint density at radius 1 is 1.26 bits per heavy atom. The third-order valence-corrected chi connectivity index (χ3v) is 7.36. The molecule has 0 saturated carbocycles. The smallest absolute Gasteiger partial charge is 0.240 e. The first-order valence-corrected chi connectivity index (χ1v) is 12.5. The number of hydrogen-bond donors (Lipinski definition) is 2. The van der Waals surface area contributed by atoms with Crippen LogP contribution < -0.4 is 15.5 Å². The van der Waals surface area contributed by atoms with E-state index < -0.39 is 21.8 Å². The summed E-state index contributed by atoms with van der Waals surface area (Å²) in [4.78, 5) is 30.6. The lowest BCUT2D eigenvalue weighted by atomic mass is 10.1. The number of carbonyl (C=O) groups excluding carboxylic acids is 2. The van der Waals surface area contributed by atoms with E-state index in [0.29, 0.717) is 25.9 Å². The quantitative estimate of drug-likeness (QED) is 0.548. The Morgan fingerprint density at radius 2 is 1.97 bits per heavy atom. The number of nitrogens with zero attached hydrogens (tertiary/aromatic N) is 3. The molecule has 3 rings (SSSR count). The number of thiazole rings is 1. The van der Waals surface area contributed by atoms with E-state index in [1.54, 1.807) is 11.3 Å². The summed E-state index contributed by atoms with van der Waals surface area (Å²) in [5.74, 6) is 1.30. The molecule has 2 heterocycles. The van der Waals surface area contributed by atoms with Crippen LogP contribution in [0.4, 0.5) is 5.13 Å². The van der Waals surface area contributed by atoms with Gasteiger partial charge in [0.25, 0.3) is 0 Å². The first-order valence-electron chi connectivity index (χ1n) is 9.82. The van der Waals surface area contributed by atoms with E-state index >= 15 is 0 Å². The lowest BCUT2D eigenvalue weighted by Gasteiger charge is -2.36. The highest BCUT2D eigenvalue weighted by molar-refractivity contribution is 7.88. The molecular formula is C20H25N5O4S2. The van der Waals surface area contributed by atoms with Crippen molar-refractivity contribution >= 4 is 48.5 Å². The number of hydrogen-bond acceptors (Lipinski definition) is 7. The molecule has 0 radical (unpaired) electrons. The van der Waals surface area contributed by atoms with Gasteiger partial charge in [-0.3, -0.25) is 9.59 Å². The van der Waals surface area contributed by atoms with Crippen LogP contribution >= 0.6 is 11.3 Å². The maximum absolute atomic E-state index is 12.3. The normalized spacial score (nSPS) is 15.1. The van der Waals surface area contributed by atoms with Crippen LogP contribution in [0.15, 0.2) is 24.3 Å². The number of aromatic nitrogens is 1. The largest absolute Gasteiger partial charge is 0.348 e. The van der Waals surface area contributed by atoms with Crippen LogP contribution in [0.2, 0.25) is 0 Å². The molecule has 0 aliphatic carbocycles. The molecule has 0 bridgehead atoms. The van der Waals surface area contributed by atoms with Crippen molar-refractivity contribution in [2.45, 2.75) is 18.9 Å². The van der Waals surface area contributed by atoms with Gasteiger partial charge >= 0.3 is 0 Å². The van der Waals surface area contributed by atoms with E-state index in [0.717, 1.165) is 21.6 Å². The van der Waals surface area contributed by atoms with Crippen molar-refractivity contribution in [3.63, 3.8) is 0 Å². The van der Waals surface area contributed by atoms with Gasteiger partial charge in [-0.15, -0.1) is 6.42 Å².